The van der Waals surface area contributed by atoms with Crippen LogP contribution in [0.2, 0.25) is 0 Å². The van der Waals surface area contributed by atoms with E-state index in [1.165, 1.54) is 0 Å². The van der Waals surface area contributed by atoms with Crippen molar-refractivity contribution in [3.63, 3.8) is 0 Å². The molecule has 0 radical (unpaired) electrons. The first-order chi connectivity index (χ1) is 4.00. The molecule has 56 valence electrons. The van der Waals surface area contributed by atoms with Gasteiger partial charge in [-0.15, -0.1) is 0 Å². The van der Waals surface area contributed by atoms with Gasteiger partial charge >= 0.3 is 0 Å². The number of nitrogens with one attached hydrogen (secondary N) is 1. The highest BCUT2D eigenvalue weighted by molar-refractivity contribution is 8.16. The molecular weight excluding hydrogens is 130 g/mol. The minimum absolute atomic E-state index is 0.0680. The Morgan fingerprint density at radius 2 is 1.89 bits per heavy atom. The lowest BCUT2D eigenvalue weighted by molar-refractivity contribution is 0.637. The van der Waals surface area contributed by atoms with Gasteiger partial charge in [0.2, 0.25) is 0 Å². The highest BCUT2D eigenvalue weighted by atomic mass is 32.2. The first kappa shape index (κ1) is 8.89. The van der Waals surface area contributed by atoms with E-state index in [1.54, 1.807) is 6.20 Å². The van der Waals surface area contributed by atoms with E-state index >= 15 is 0 Å². The average molecular weight is 147 g/mol. The smallest absolute Gasteiger partial charge is 0.0592 e. The van der Waals surface area contributed by atoms with Crippen LogP contribution in [0.3, 0.4) is 0 Å². The van der Waals surface area contributed by atoms with Crippen molar-refractivity contribution < 1.29 is 0 Å². The fraction of sp³-hybridized carbons (Fsp3) is 0.714. The van der Waals surface area contributed by atoms with Crippen LogP contribution in [-0.2, 0) is 0 Å². The third kappa shape index (κ3) is 2.80. The zero-order chi connectivity index (χ0) is 7.49. The third-order valence-electron chi connectivity index (χ3n) is 1.57. The van der Waals surface area contributed by atoms with Crippen molar-refractivity contribution in [3.8, 4) is 0 Å². The monoisotopic (exact) mass is 147 g/mol. The topological polar surface area (TPSA) is 12.0 Å². The van der Waals surface area contributed by atoms with Gasteiger partial charge in [-0.2, -0.15) is 0 Å². The van der Waals surface area contributed by atoms with Gasteiger partial charge in [0, 0.05) is 0 Å². The summed E-state index contributed by atoms with van der Waals surface area (Å²) >= 11 is 0. The predicted molar refractivity (Wildman–Crippen MR) is 48.2 cm³/mol. The van der Waals surface area contributed by atoms with Crippen LogP contribution < -0.4 is 5.32 Å². The summed E-state index contributed by atoms with van der Waals surface area (Å²) in [6.07, 6.45) is 6.28. The molecule has 0 heterocycles. The van der Waals surface area contributed by atoms with Gasteiger partial charge in [-0.25, -0.2) is 10.9 Å². The largest absolute Gasteiger partial charge is 0.379 e. The van der Waals surface area contributed by atoms with Crippen LogP contribution in [0.1, 0.15) is 13.8 Å². The molecular formula is C7H17NS. The molecule has 0 unspecified atom stereocenters. The van der Waals surface area contributed by atoms with E-state index < -0.39 is 0 Å². The molecule has 0 spiro atoms. The molecule has 0 aromatic carbocycles. The van der Waals surface area contributed by atoms with E-state index in [-0.39, 0.29) is 15.8 Å². The Hall–Kier alpha value is -0.110. The molecule has 0 aliphatic rings. The molecule has 0 saturated carbocycles. The van der Waals surface area contributed by atoms with E-state index in [0.29, 0.717) is 0 Å². The van der Waals surface area contributed by atoms with Crippen molar-refractivity contribution in [2.45, 2.75) is 18.7 Å². The molecule has 0 aromatic heterocycles. The Balaban J connectivity index is 3.84. The van der Waals surface area contributed by atoms with Crippen LogP contribution in [0.25, 0.3) is 0 Å². The van der Waals surface area contributed by atoms with E-state index in [1.807, 2.05) is 0 Å². The summed E-state index contributed by atoms with van der Waals surface area (Å²) in [6, 6.07) is 0. The normalized spacial score (nSPS) is 12.7. The van der Waals surface area contributed by atoms with E-state index in [0.717, 1.165) is 0 Å². The van der Waals surface area contributed by atoms with Crippen molar-refractivity contribution >= 4 is 10.9 Å². The molecule has 9 heavy (non-hydrogen) atoms. The summed E-state index contributed by atoms with van der Waals surface area (Å²) in [5.74, 6) is 0. The van der Waals surface area contributed by atoms with E-state index in [4.69, 9.17) is 0 Å². The average Bonchev–Trinajstić information content (AvgIpc) is 1.65. The van der Waals surface area contributed by atoms with E-state index in [2.05, 4.69) is 38.3 Å². The lowest BCUT2D eigenvalue weighted by Gasteiger charge is -2.32. The van der Waals surface area contributed by atoms with Crippen LogP contribution >= 0.6 is 10.9 Å². The summed E-state index contributed by atoms with van der Waals surface area (Å²) < 4.78 is 0. The SMILES string of the molecule is C=CNC(C)(C)[SH](C)C. The molecule has 0 rings (SSSR count). The summed E-state index contributed by atoms with van der Waals surface area (Å²) in [6.45, 7) is 8.02. The summed E-state index contributed by atoms with van der Waals surface area (Å²) in [7, 11) is 0.0680. The number of hydrogen-bond donors (Lipinski definition) is 2. The summed E-state index contributed by atoms with van der Waals surface area (Å²) in [5.41, 5.74) is 0. The number of rotatable bonds is 3. The fourth-order valence-electron chi connectivity index (χ4n) is 0.379. The summed E-state index contributed by atoms with van der Waals surface area (Å²) in [5, 5.41) is 3.21. The maximum Gasteiger partial charge on any atom is 0.0592 e. The molecule has 1 nitrogen and oxygen atoms in total. The zero-order valence-electron chi connectivity index (χ0n) is 6.73. The summed E-state index contributed by atoms with van der Waals surface area (Å²) in [4.78, 5) is 0.247. The van der Waals surface area contributed by atoms with Gasteiger partial charge < -0.3 is 5.32 Å². The first-order valence-corrected chi connectivity index (χ1v) is 5.30. The Labute approximate surface area is 60.9 Å². The van der Waals surface area contributed by atoms with Crippen LogP contribution in [-0.4, -0.2) is 17.4 Å². The number of hydrogen-bond acceptors (Lipinski definition) is 1. The lowest BCUT2D eigenvalue weighted by Crippen LogP contribution is -2.34. The van der Waals surface area contributed by atoms with Gasteiger partial charge in [0.1, 0.15) is 0 Å². The van der Waals surface area contributed by atoms with E-state index in [9.17, 15) is 0 Å². The van der Waals surface area contributed by atoms with Gasteiger partial charge in [-0.3, -0.25) is 0 Å². The molecule has 1 N–H and O–H groups in total. The molecule has 0 aliphatic heterocycles. The molecule has 0 atom stereocenters. The first-order valence-electron chi connectivity index (χ1n) is 3.06. The highest BCUT2D eigenvalue weighted by Crippen LogP contribution is 2.30. The maximum absolute atomic E-state index is 3.63. The standard InChI is InChI=1S/C7H17NS/c1-6-8-7(2,3)9(4)5/h6,8-9H,1H2,2-5H3. The Morgan fingerprint density at radius 3 is 2.00 bits per heavy atom. The minimum Gasteiger partial charge on any atom is -0.379 e. The minimum atomic E-state index is 0.0680. The van der Waals surface area contributed by atoms with Crippen LogP contribution in [0, 0.1) is 0 Å². The van der Waals surface area contributed by atoms with Gasteiger partial charge in [0.25, 0.3) is 0 Å². The molecule has 0 fully saturated rings. The molecule has 0 bridgehead atoms. The quantitative estimate of drug-likeness (QED) is 0.579. The fourth-order valence-corrected chi connectivity index (χ4v) is 0.728. The third-order valence-corrected chi connectivity index (χ3v) is 3.94. The highest BCUT2D eigenvalue weighted by Gasteiger charge is 2.15. The van der Waals surface area contributed by atoms with Gasteiger partial charge in [-0.05, 0) is 32.6 Å². The molecule has 0 aliphatic carbocycles. The van der Waals surface area contributed by atoms with Gasteiger partial charge in [0.15, 0.2) is 0 Å². The van der Waals surface area contributed by atoms with Crippen molar-refractivity contribution in [1.29, 1.82) is 0 Å². The van der Waals surface area contributed by atoms with Gasteiger partial charge in [0.05, 0.1) is 4.87 Å². The van der Waals surface area contributed by atoms with Crippen molar-refractivity contribution in [1.82, 2.24) is 5.32 Å². The van der Waals surface area contributed by atoms with Crippen molar-refractivity contribution in [2.75, 3.05) is 12.5 Å². The number of thiol groups is 1. The second-order valence-electron chi connectivity index (χ2n) is 2.80. The van der Waals surface area contributed by atoms with Crippen LogP contribution in [0.15, 0.2) is 12.8 Å². The zero-order valence-corrected chi connectivity index (χ0v) is 7.63. The molecule has 0 aromatic rings. The molecule has 0 amide bonds. The molecule has 0 saturated heterocycles. The van der Waals surface area contributed by atoms with Crippen LogP contribution in [0.5, 0.6) is 0 Å². The Bertz CT molecular complexity index is 97.1. The second kappa shape index (κ2) is 3.16. The van der Waals surface area contributed by atoms with Crippen LogP contribution in [0.4, 0.5) is 0 Å². The van der Waals surface area contributed by atoms with Crippen molar-refractivity contribution in [3.05, 3.63) is 12.8 Å². The maximum atomic E-state index is 3.63. The molecule has 2 heteroatoms. The lowest BCUT2D eigenvalue weighted by atomic mass is 10.4. The van der Waals surface area contributed by atoms with Crippen molar-refractivity contribution in [2.24, 2.45) is 0 Å². The predicted octanol–water partition coefficient (Wildman–Crippen LogP) is 1.72. The second-order valence-corrected chi connectivity index (χ2v) is 5.71. The van der Waals surface area contributed by atoms with Gasteiger partial charge in [-0.1, -0.05) is 6.58 Å². The Morgan fingerprint density at radius 1 is 1.44 bits per heavy atom. The Kier molecular flexibility index (Phi) is 3.12.